The van der Waals surface area contributed by atoms with Crippen LogP contribution in [0.15, 0.2) is 24.3 Å². The number of hydrogen-bond acceptors (Lipinski definition) is 4. The molecule has 7 heteroatoms. The van der Waals surface area contributed by atoms with Gasteiger partial charge in [0, 0.05) is 5.75 Å². The van der Waals surface area contributed by atoms with Gasteiger partial charge in [0.15, 0.2) is 0 Å². The number of imide groups is 1. The van der Waals surface area contributed by atoms with Crippen molar-refractivity contribution in [2.24, 2.45) is 0 Å². The molecule has 19 heavy (non-hydrogen) atoms. The molecule has 0 bridgehead atoms. The molecule has 1 heterocycles. The van der Waals surface area contributed by atoms with E-state index in [0.29, 0.717) is 16.9 Å². The topological polar surface area (TPSA) is 57.7 Å². The number of hydrogen-bond donors (Lipinski definition) is 0. The third-order valence-electron chi connectivity index (χ3n) is 2.72. The van der Waals surface area contributed by atoms with E-state index in [-0.39, 0.29) is 6.54 Å². The Kier molecular flexibility index (Phi) is 4.11. The maximum atomic E-state index is 12.2. The lowest BCUT2D eigenvalue weighted by Gasteiger charge is -2.27. The summed E-state index contributed by atoms with van der Waals surface area (Å²) in [5, 5.41) is 0.947. The molecule has 0 spiro atoms. The lowest BCUT2D eigenvalue weighted by Crippen LogP contribution is -2.48. The quantitative estimate of drug-likeness (QED) is 0.486. The van der Waals surface area contributed by atoms with Crippen LogP contribution in [0.25, 0.3) is 0 Å². The highest BCUT2D eigenvalue weighted by Gasteiger charge is 2.40. The van der Waals surface area contributed by atoms with E-state index in [0.717, 1.165) is 10.0 Å². The number of rotatable bonds is 4. The third-order valence-corrected chi connectivity index (χ3v) is 3.51. The monoisotopic (exact) mass is 298 g/mol. The predicted molar refractivity (Wildman–Crippen MR) is 73.3 cm³/mol. The van der Waals surface area contributed by atoms with E-state index in [1.807, 2.05) is 6.26 Å². The SMILES string of the molecule is CSCCN(C(=O)Cl)N1C(=O)c2ccccc2C1=O. The Balaban J connectivity index is 2.33. The Morgan fingerprint density at radius 3 is 2.21 bits per heavy atom. The minimum absolute atomic E-state index is 0.203. The van der Waals surface area contributed by atoms with Crippen molar-refractivity contribution in [3.8, 4) is 0 Å². The summed E-state index contributed by atoms with van der Waals surface area (Å²) in [5.41, 5.74) is 0.583. The maximum absolute atomic E-state index is 12.2. The van der Waals surface area contributed by atoms with Gasteiger partial charge < -0.3 is 0 Å². The molecule has 0 saturated heterocycles. The Morgan fingerprint density at radius 1 is 1.26 bits per heavy atom. The van der Waals surface area contributed by atoms with E-state index < -0.39 is 17.2 Å². The van der Waals surface area contributed by atoms with Crippen molar-refractivity contribution >= 4 is 40.5 Å². The van der Waals surface area contributed by atoms with E-state index in [1.54, 1.807) is 24.3 Å². The lowest BCUT2D eigenvalue weighted by molar-refractivity contribution is 0.0246. The first kappa shape index (κ1) is 13.9. The Morgan fingerprint density at radius 2 is 1.79 bits per heavy atom. The zero-order chi connectivity index (χ0) is 14.0. The molecule has 2 rings (SSSR count). The zero-order valence-corrected chi connectivity index (χ0v) is 11.7. The molecule has 0 N–H and O–H groups in total. The van der Waals surface area contributed by atoms with Crippen molar-refractivity contribution < 1.29 is 14.4 Å². The van der Waals surface area contributed by atoms with Crippen LogP contribution in [-0.4, -0.2) is 45.8 Å². The van der Waals surface area contributed by atoms with Gasteiger partial charge in [-0.2, -0.15) is 16.8 Å². The molecule has 0 unspecified atom stereocenters. The molecular formula is C12H11ClN2O3S. The van der Waals surface area contributed by atoms with Gasteiger partial charge in [-0.05, 0) is 30.0 Å². The van der Waals surface area contributed by atoms with Gasteiger partial charge in [0.25, 0.3) is 11.8 Å². The van der Waals surface area contributed by atoms with E-state index in [9.17, 15) is 14.4 Å². The standard InChI is InChI=1S/C12H11ClN2O3S/c1-19-7-6-14(12(13)18)15-10(16)8-4-2-3-5-9(8)11(15)17/h2-5H,6-7H2,1H3. The normalized spacial score (nSPS) is 13.7. The van der Waals surface area contributed by atoms with E-state index in [4.69, 9.17) is 11.6 Å². The van der Waals surface area contributed by atoms with Crippen molar-refractivity contribution in [2.45, 2.75) is 0 Å². The number of carbonyl (C=O) groups excluding carboxylic acids is 3. The molecular weight excluding hydrogens is 288 g/mol. The van der Waals surface area contributed by atoms with Crippen molar-refractivity contribution in [2.75, 3.05) is 18.6 Å². The Bertz CT molecular complexity index is 515. The van der Waals surface area contributed by atoms with Crippen LogP contribution in [0.2, 0.25) is 0 Å². The molecule has 1 aliphatic rings. The summed E-state index contributed by atoms with van der Waals surface area (Å²) < 4.78 is 0. The molecule has 0 aliphatic carbocycles. The highest BCUT2D eigenvalue weighted by Crippen LogP contribution is 2.24. The summed E-state index contributed by atoms with van der Waals surface area (Å²) in [5.74, 6) is -0.460. The van der Waals surface area contributed by atoms with E-state index in [1.165, 1.54) is 11.8 Å². The summed E-state index contributed by atoms with van der Waals surface area (Å²) in [6.45, 7) is 0.203. The average molecular weight is 299 g/mol. The number of hydrazine groups is 1. The third kappa shape index (κ3) is 2.46. The van der Waals surface area contributed by atoms with Crippen LogP contribution in [-0.2, 0) is 0 Å². The lowest BCUT2D eigenvalue weighted by atomic mass is 10.1. The van der Waals surface area contributed by atoms with Crippen LogP contribution in [0.4, 0.5) is 4.79 Å². The molecule has 1 aromatic rings. The van der Waals surface area contributed by atoms with Crippen molar-refractivity contribution in [1.29, 1.82) is 0 Å². The molecule has 5 nitrogen and oxygen atoms in total. The molecule has 3 amide bonds. The van der Waals surface area contributed by atoms with Gasteiger partial charge >= 0.3 is 5.37 Å². The first-order valence-electron chi connectivity index (χ1n) is 5.51. The molecule has 0 saturated carbocycles. The number of benzene rings is 1. The van der Waals surface area contributed by atoms with E-state index in [2.05, 4.69) is 0 Å². The second-order valence-corrected chi connectivity index (χ2v) is 5.15. The fourth-order valence-corrected chi connectivity index (χ4v) is 2.36. The van der Waals surface area contributed by atoms with Crippen LogP contribution in [0, 0.1) is 0 Å². The van der Waals surface area contributed by atoms with Gasteiger partial charge in [0.1, 0.15) is 0 Å². The molecule has 0 radical (unpaired) electrons. The predicted octanol–water partition coefficient (Wildman–Crippen LogP) is 2.22. The summed E-state index contributed by atoms with van der Waals surface area (Å²) in [6, 6.07) is 6.45. The van der Waals surface area contributed by atoms with Gasteiger partial charge in [-0.15, -0.1) is 0 Å². The van der Waals surface area contributed by atoms with Gasteiger partial charge in [-0.1, -0.05) is 12.1 Å². The molecule has 1 aliphatic heterocycles. The molecule has 0 atom stereocenters. The highest BCUT2D eigenvalue weighted by atomic mass is 35.5. The Labute approximate surface area is 119 Å². The fraction of sp³-hybridized carbons (Fsp3) is 0.250. The summed E-state index contributed by atoms with van der Waals surface area (Å²) in [6.07, 6.45) is 1.86. The second-order valence-electron chi connectivity index (χ2n) is 3.84. The first-order valence-corrected chi connectivity index (χ1v) is 7.28. The molecule has 0 fully saturated rings. The number of halogens is 1. The largest absolute Gasteiger partial charge is 0.335 e. The molecule has 1 aromatic carbocycles. The van der Waals surface area contributed by atoms with Crippen molar-refractivity contribution in [3.05, 3.63) is 35.4 Å². The fourth-order valence-electron chi connectivity index (χ4n) is 1.84. The van der Waals surface area contributed by atoms with Crippen molar-refractivity contribution in [1.82, 2.24) is 10.0 Å². The highest BCUT2D eigenvalue weighted by molar-refractivity contribution is 7.98. The van der Waals surface area contributed by atoms with Gasteiger partial charge in [0.2, 0.25) is 0 Å². The van der Waals surface area contributed by atoms with Crippen LogP contribution >= 0.6 is 23.4 Å². The maximum Gasteiger partial charge on any atom is 0.335 e. The summed E-state index contributed by atoms with van der Waals surface area (Å²) >= 11 is 6.96. The Hall–Kier alpha value is -1.53. The van der Waals surface area contributed by atoms with Crippen LogP contribution in [0.3, 0.4) is 0 Å². The summed E-state index contributed by atoms with van der Waals surface area (Å²) in [4.78, 5) is 35.7. The van der Waals surface area contributed by atoms with Gasteiger partial charge in [-0.25, -0.2) is 5.01 Å². The number of amides is 3. The van der Waals surface area contributed by atoms with Crippen LogP contribution in [0.5, 0.6) is 0 Å². The number of carbonyl (C=O) groups is 3. The number of nitrogens with zero attached hydrogens (tertiary/aromatic N) is 2. The molecule has 100 valence electrons. The smallest absolute Gasteiger partial charge is 0.267 e. The minimum Gasteiger partial charge on any atom is -0.267 e. The van der Waals surface area contributed by atoms with E-state index >= 15 is 0 Å². The zero-order valence-electron chi connectivity index (χ0n) is 10.1. The average Bonchev–Trinajstić information content (AvgIpc) is 2.64. The number of thioether (sulfide) groups is 1. The first-order chi connectivity index (χ1) is 9.07. The number of fused-ring (bicyclic) bond motifs is 1. The summed E-state index contributed by atoms with van der Waals surface area (Å²) in [7, 11) is 0. The second kappa shape index (κ2) is 5.63. The van der Waals surface area contributed by atoms with Crippen LogP contribution in [0.1, 0.15) is 20.7 Å². The minimum atomic E-state index is -0.844. The van der Waals surface area contributed by atoms with Gasteiger partial charge in [-0.3, -0.25) is 14.4 Å². The molecule has 0 aromatic heterocycles. The van der Waals surface area contributed by atoms with Gasteiger partial charge in [0.05, 0.1) is 17.7 Å². The van der Waals surface area contributed by atoms with Crippen LogP contribution < -0.4 is 0 Å². The van der Waals surface area contributed by atoms with Crippen molar-refractivity contribution in [3.63, 3.8) is 0 Å².